The van der Waals surface area contributed by atoms with Gasteiger partial charge in [-0.15, -0.1) is 0 Å². The van der Waals surface area contributed by atoms with Gasteiger partial charge in [0, 0.05) is 9.64 Å². The number of hydrogen-bond donors (Lipinski definition) is 1. The Labute approximate surface area is 128 Å². The maximum Gasteiger partial charge on any atom is 0.339 e. The summed E-state index contributed by atoms with van der Waals surface area (Å²) < 4.78 is 10.5. The van der Waals surface area contributed by atoms with Gasteiger partial charge in [0.1, 0.15) is 0 Å². The average molecular weight is 386 g/mol. The van der Waals surface area contributed by atoms with Crippen molar-refractivity contribution in [3.05, 3.63) is 45.2 Å². The summed E-state index contributed by atoms with van der Waals surface area (Å²) in [6, 6.07) is 8.55. The van der Waals surface area contributed by atoms with E-state index in [1.807, 2.05) is 28.7 Å². The highest BCUT2D eigenvalue weighted by atomic mass is 127. The second kappa shape index (κ2) is 6.51. The lowest BCUT2D eigenvalue weighted by Gasteiger charge is -2.05. The Morgan fingerprint density at radius 1 is 1.40 bits per heavy atom. The molecule has 1 N–H and O–H groups in total. The van der Waals surface area contributed by atoms with Gasteiger partial charge in [-0.1, -0.05) is 17.3 Å². The van der Waals surface area contributed by atoms with Gasteiger partial charge in [0.25, 0.3) is 5.91 Å². The number of halogens is 1. The van der Waals surface area contributed by atoms with Crippen LogP contribution >= 0.6 is 22.6 Å². The van der Waals surface area contributed by atoms with E-state index >= 15 is 0 Å². The number of nitrogens with one attached hydrogen (secondary N) is 1. The Kier molecular flexibility index (Phi) is 4.72. The molecule has 6 nitrogen and oxygen atoms in total. The molecule has 0 unspecified atom stereocenters. The van der Waals surface area contributed by atoms with E-state index in [0.717, 1.165) is 3.57 Å². The summed E-state index contributed by atoms with van der Waals surface area (Å²) in [5, 5.41) is 6.06. The van der Waals surface area contributed by atoms with E-state index in [1.54, 1.807) is 31.2 Å². The molecule has 2 aromatic rings. The minimum atomic E-state index is -0.543. The van der Waals surface area contributed by atoms with Crippen LogP contribution in [0.5, 0.6) is 0 Å². The van der Waals surface area contributed by atoms with Crippen LogP contribution in [0, 0.1) is 10.5 Å². The minimum Gasteiger partial charge on any atom is -0.452 e. The number of nitrogens with zero attached hydrogens (tertiary/aromatic N) is 1. The van der Waals surface area contributed by atoms with E-state index in [-0.39, 0.29) is 12.5 Å². The van der Waals surface area contributed by atoms with Crippen molar-refractivity contribution in [1.29, 1.82) is 0 Å². The summed E-state index contributed by atoms with van der Waals surface area (Å²) in [7, 11) is 0. The first-order valence-electron chi connectivity index (χ1n) is 5.71. The Bertz CT molecular complexity index is 639. The molecule has 0 radical (unpaired) electrons. The second-order valence-corrected chi connectivity index (χ2v) is 5.10. The Morgan fingerprint density at radius 3 is 2.80 bits per heavy atom. The van der Waals surface area contributed by atoms with Crippen molar-refractivity contribution in [2.45, 2.75) is 6.92 Å². The van der Waals surface area contributed by atoms with Crippen LogP contribution < -0.4 is 5.32 Å². The molecule has 0 aliphatic heterocycles. The lowest BCUT2D eigenvalue weighted by molar-refractivity contribution is -0.119. The van der Waals surface area contributed by atoms with Crippen LogP contribution in [0.2, 0.25) is 0 Å². The number of aryl methyl sites for hydroxylation is 1. The van der Waals surface area contributed by atoms with Crippen molar-refractivity contribution in [3.63, 3.8) is 0 Å². The first kappa shape index (κ1) is 14.5. The van der Waals surface area contributed by atoms with Gasteiger partial charge < -0.3 is 9.26 Å². The number of hydrogen-bond acceptors (Lipinski definition) is 5. The molecule has 0 fully saturated rings. The van der Waals surface area contributed by atoms with Crippen LogP contribution in [-0.2, 0) is 9.53 Å². The molecule has 1 heterocycles. The number of rotatable bonds is 4. The minimum absolute atomic E-state index is 0.220. The van der Waals surface area contributed by atoms with Crippen LogP contribution in [0.25, 0.3) is 0 Å². The van der Waals surface area contributed by atoms with Crippen LogP contribution in [0.4, 0.5) is 5.88 Å². The number of esters is 1. The summed E-state index contributed by atoms with van der Waals surface area (Å²) in [5.41, 5.74) is 1.08. The van der Waals surface area contributed by atoms with Crippen molar-refractivity contribution in [3.8, 4) is 0 Å². The summed E-state index contributed by atoms with van der Waals surface area (Å²) in [6.07, 6.45) is 0. The summed E-state index contributed by atoms with van der Waals surface area (Å²) >= 11 is 2.03. The van der Waals surface area contributed by atoms with Gasteiger partial charge in [-0.2, -0.15) is 0 Å². The number of carbonyl (C=O) groups excluding carboxylic acids is 2. The number of benzene rings is 1. The molecule has 0 saturated carbocycles. The maximum atomic E-state index is 11.8. The molecule has 20 heavy (non-hydrogen) atoms. The lowest BCUT2D eigenvalue weighted by atomic mass is 10.2. The molecule has 0 saturated heterocycles. The summed E-state index contributed by atoms with van der Waals surface area (Å²) in [5.74, 6) is -0.808. The monoisotopic (exact) mass is 386 g/mol. The van der Waals surface area contributed by atoms with Crippen LogP contribution in [0.3, 0.4) is 0 Å². The number of amides is 1. The fourth-order valence-corrected chi connectivity index (χ4v) is 2.04. The second-order valence-electron chi connectivity index (χ2n) is 3.94. The molecule has 2 rings (SSSR count). The SMILES string of the molecule is Cc1cc(NC(=O)COC(=O)c2ccccc2I)on1. The molecule has 0 aliphatic carbocycles. The predicted molar refractivity (Wildman–Crippen MR) is 79.3 cm³/mol. The standard InChI is InChI=1S/C13H11IN2O4/c1-8-6-12(20-16-8)15-11(17)7-19-13(18)9-4-2-3-5-10(9)14/h2-6H,7H2,1H3,(H,15,17). The van der Waals surface area contributed by atoms with E-state index in [1.165, 1.54) is 0 Å². The molecular weight excluding hydrogens is 375 g/mol. The molecule has 1 aromatic carbocycles. The summed E-state index contributed by atoms with van der Waals surface area (Å²) in [6.45, 7) is 1.35. The van der Waals surface area contributed by atoms with E-state index < -0.39 is 11.9 Å². The quantitative estimate of drug-likeness (QED) is 0.645. The smallest absolute Gasteiger partial charge is 0.339 e. The van der Waals surface area contributed by atoms with Crippen molar-refractivity contribution in [1.82, 2.24) is 5.16 Å². The molecular formula is C13H11IN2O4. The van der Waals surface area contributed by atoms with Crippen molar-refractivity contribution in [2.24, 2.45) is 0 Å². The molecule has 0 bridgehead atoms. The zero-order chi connectivity index (χ0) is 14.5. The summed E-state index contributed by atoms with van der Waals surface area (Å²) in [4.78, 5) is 23.3. The van der Waals surface area contributed by atoms with E-state index in [9.17, 15) is 9.59 Å². The first-order chi connectivity index (χ1) is 9.56. The molecule has 0 atom stereocenters. The Morgan fingerprint density at radius 2 is 2.15 bits per heavy atom. The number of carbonyl (C=O) groups is 2. The fraction of sp³-hybridized carbons (Fsp3) is 0.154. The van der Waals surface area contributed by atoms with Gasteiger partial charge in [-0.05, 0) is 41.6 Å². The van der Waals surface area contributed by atoms with Crippen molar-refractivity contribution < 1.29 is 18.8 Å². The highest BCUT2D eigenvalue weighted by Gasteiger charge is 2.13. The van der Waals surface area contributed by atoms with Crippen LogP contribution in [-0.4, -0.2) is 23.6 Å². The van der Waals surface area contributed by atoms with Crippen molar-refractivity contribution >= 4 is 40.4 Å². The third-order valence-electron chi connectivity index (χ3n) is 2.32. The van der Waals surface area contributed by atoms with Gasteiger partial charge in [-0.3, -0.25) is 10.1 Å². The average Bonchev–Trinajstić information content (AvgIpc) is 2.82. The zero-order valence-electron chi connectivity index (χ0n) is 10.6. The van der Waals surface area contributed by atoms with Gasteiger partial charge in [0.2, 0.25) is 5.88 Å². The van der Waals surface area contributed by atoms with E-state index in [2.05, 4.69) is 10.5 Å². The van der Waals surface area contributed by atoms with Crippen molar-refractivity contribution in [2.75, 3.05) is 11.9 Å². The third-order valence-corrected chi connectivity index (χ3v) is 3.26. The van der Waals surface area contributed by atoms with Gasteiger partial charge >= 0.3 is 5.97 Å². The predicted octanol–water partition coefficient (Wildman–Crippen LogP) is 2.38. The number of aromatic nitrogens is 1. The van der Waals surface area contributed by atoms with Gasteiger partial charge in [0.15, 0.2) is 6.61 Å². The molecule has 104 valence electrons. The van der Waals surface area contributed by atoms with E-state index in [4.69, 9.17) is 9.26 Å². The fourth-order valence-electron chi connectivity index (χ4n) is 1.43. The van der Waals surface area contributed by atoms with Crippen LogP contribution in [0.15, 0.2) is 34.9 Å². The van der Waals surface area contributed by atoms with E-state index in [0.29, 0.717) is 11.3 Å². The number of ether oxygens (including phenoxy) is 1. The molecule has 1 amide bonds. The Balaban J connectivity index is 1.87. The Hall–Kier alpha value is -1.90. The molecule has 1 aromatic heterocycles. The zero-order valence-corrected chi connectivity index (χ0v) is 12.7. The van der Waals surface area contributed by atoms with Gasteiger partial charge in [0.05, 0.1) is 11.3 Å². The normalized spacial score (nSPS) is 10.1. The highest BCUT2D eigenvalue weighted by Crippen LogP contribution is 2.13. The van der Waals surface area contributed by atoms with Crippen LogP contribution in [0.1, 0.15) is 16.1 Å². The molecule has 7 heteroatoms. The molecule has 0 spiro atoms. The lowest BCUT2D eigenvalue weighted by Crippen LogP contribution is -2.21. The topological polar surface area (TPSA) is 81.4 Å². The number of anilines is 1. The third kappa shape index (κ3) is 3.80. The first-order valence-corrected chi connectivity index (χ1v) is 6.79. The largest absolute Gasteiger partial charge is 0.452 e. The maximum absolute atomic E-state index is 11.8. The highest BCUT2D eigenvalue weighted by molar-refractivity contribution is 14.1. The molecule has 0 aliphatic rings. The van der Waals surface area contributed by atoms with Gasteiger partial charge in [-0.25, -0.2) is 4.79 Å².